The Labute approximate surface area is 127 Å². The van der Waals surface area contributed by atoms with Crippen LogP contribution in [0.15, 0.2) is 42.5 Å². The molecule has 2 aromatic rings. The number of hydrogen-bond acceptors (Lipinski definition) is 2. The van der Waals surface area contributed by atoms with Crippen LogP contribution in [0.1, 0.15) is 15.9 Å². The van der Waals surface area contributed by atoms with Crippen molar-refractivity contribution in [1.29, 1.82) is 0 Å². The number of fused-ring (bicyclic) bond motifs is 1. The highest BCUT2D eigenvalue weighted by molar-refractivity contribution is 6.42. The molecule has 2 aromatic carbocycles. The second-order valence-electron chi connectivity index (χ2n) is 4.81. The number of ether oxygens (including phenoxy) is 1. The topological polar surface area (TPSA) is 26.3 Å². The van der Waals surface area contributed by atoms with Gasteiger partial charge in [0, 0.05) is 5.56 Å². The minimum atomic E-state index is -0.179. The molecule has 0 saturated carbocycles. The average Bonchev–Trinajstić information content (AvgIpc) is 2.49. The summed E-state index contributed by atoms with van der Waals surface area (Å²) in [5.74, 6) is 0.728. The molecule has 3 rings (SSSR count). The average molecular weight is 307 g/mol. The highest BCUT2D eigenvalue weighted by Crippen LogP contribution is 2.30. The fourth-order valence-corrected chi connectivity index (χ4v) is 2.68. The van der Waals surface area contributed by atoms with Gasteiger partial charge in [0.25, 0.3) is 0 Å². The van der Waals surface area contributed by atoms with Crippen molar-refractivity contribution in [3.63, 3.8) is 0 Å². The number of halogens is 2. The third-order valence-electron chi connectivity index (χ3n) is 3.45. The van der Waals surface area contributed by atoms with Gasteiger partial charge in [-0.25, -0.2) is 0 Å². The largest absolute Gasteiger partial charge is 0.493 e. The number of carbonyl (C=O) groups excluding carboxylic acids is 1. The van der Waals surface area contributed by atoms with Crippen molar-refractivity contribution in [2.45, 2.75) is 6.42 Å². The molecule has 0 amide bonds. The van der Waals surface area contributed by atoms with Crippen LogP contribution >= 0.6 is 23.2 Å². The summed E-state index contributed by atoms with van der Waals surface area (Å²) in [4.78, 5) is 12.5. The predicted octanol–water partition coefficient (Wildman–Crippen LogP) is 4.43. The quantitative estimate of drug-likeness (QED) is 0.767. The van der Waals surface area contributed by atoms with Crippen molar-refractivity contribution >= 4 is 29.0 Å². The molecule has 0 spiro atoms. The van der Waals surface area contributed by atoms with Crippen LogP contribution < -0.4 is 4.74 Å². The molecule has 1 heterocycles. The van der Waals surface area contributed by atoms with Crippen molar-refractivity contribution < 1.29 is 9.53 Å². The number of para-hydroxylation sites is 1. The lowest BCUT2D eigenvalue weighted by atomic mass is 9.90. The van der Waals surface area contributed by atoms with E-state index in [-0.39, 0.29) is 11.7 Å². The molecule has 102 valence electrons. The minimum absolute atomic E-state index is 0.0399. The van der Waals surface area contributed by atoms with E-state index in [1.165, 1.54) is 0 Å². The summed E-state index contributed by atoms with van der Waals surface area (Å²) in [7, 11) is 0. The minimum Gasteiger partial charge on any atom is -0.493 e. The van der Waals surface area contributed by atoms with Gasteiger partial charge in [-0.3, -0.25) is 4.79 Å². The normalized spacial score (nSPS) is 17.2. The van der Waals surface area contributed by atoms with Crippen LogP contribution in [0.5, 0.6) is 5.75 Å². The molecule has 1 atom stereocenters. The van der Waals surface area contributed by atoms with Gasteiger partial charge in [-0.1, -0.05) is 41.4 Å². The van der Waals surface area contributed by atoms with E-state index in [2.05, 4.69) is 0 Å². The van der Waals surface area contributed by atoms with Crippen LogP contribution in [0.4, 0.5) is 0 Å². The number of ketones is 1. The molecule has 4 heteroatoms. The van der Waals surface area contributed by atoms with Crippen LogP contribution in [0.25, 0.3) is 0 Å². The summed E-state index contributed by atoms with van der Waals surface area (Å²) in [6, 6.07) is 12.8. The summed E-state index contributed by atoms with van der Waals surface area (Å²) in [5.41, 5.74) is 1.64. The van der Waals surface area contributed by atoms with Crippen LogP contribution in [0.2, 0.25) is 10.0 Å². The molecule has 0 radical (unpaired) electrons. The van der Waals surface area contributed by atoms with Crippen molar-refractivity contribution in [3.05, 3.63) is 63.6 Å². The summed E-state index contributed by atoms with van der Waals surface area (Å²) < 4.78 is 5.65. The number of rotatable bonds is 2. The first kappa shape index (κ1) is 13.5. The lowest BCUT2D eigenvalue weighted by Crippen LogP contribution is -2.28. The SMILES string of the molecule is O=C(c1ccc(Cl)c(Cl)c1)C1COc2ccccc2C1. The standard InChI is InChI=1S/C16H12Cl2O2/c17-13-6-5-11(8-14(13)18)16(19)12-7-10-3-1-2-4-15(10)20-9-12/h1-6,8,12H,7,9H2. The van der Waals surface area contributed by atoms with Crippen molar-refractivity contribution in [2.75, 3.05) is 6.61 Å². The van der Waals surface area contributed by atoms with E-state index in [0.717, 1.165) is 11.3 Å². The van der Waals surface area contributed by atoms with Gasteiger partial charge in [0.15, 0.2) is 5.78 Å². The van der Waals surface area contributed by atoms with Gasteiger partial charge in [-0.2, -0.15) is 0 Å². The molecule has 0 bridgehead atoms. The van der Waals surface area contributed by atoms with E-state index >= 15 is 0 Å². The Hall–Kier alpha value is -1.51. The van der Waals surface area contributed by atoms with Gasteiger partial charge in [0.05, 0.1) is 22.6 Å². The van der Waals surface area contributed by atoms with E-state index in [4.69, 9.17) is 27.9 Å². The smallest absolute Gasteiger partial charge is 0.169 e. The highest BCUT2D eigenvalue weighted by Gasteiger charge is 2.26. The van der Waals surface area contributed by atoms with E-state index in [1.807, 2.05) is 24.3 Å². The van der Waals surface area contributed by atoms with E-state index in [9.17, 15) is 4.79 Å². The maximum atomic E-state index is 12.5. The van der Waals surface area contributed by atoms with Gasteiger partial charge in [0.2, 0.25) is 0 Å². The fraction of sp³-hybridized carbons (Fsp3) is 0.188. The van der Waals surface area contributed by atoms with Crippen LogP contribution in [-0.2, 0) is 6.42 Å². The first-order chi connectivity index (χ1) is 9.65. The maximum Gasteiger partial charge on any atom is 0.169 e. The lowest BCUT2D eigenvalue weighted by Gasteiger charge is -2.24. The molecule has 0 aliphatic carbocycles. The van der Waals surface area contributed by atoms with E-state index in [0.29, 0.717) is 28.6 Å². The van der Waals surface area contributed by atoms with Crippen LogP contribution in [-0.4, -0.2) is 12.4 Å². The Kier molecular flexibility index (Phi) is 3.68. The molecule has 20 heavy (non-hydrogen) atoms. The van der Waals surface area contributed by atoms with Gasteiger partial charge in [0.1, 0.15) is 5.75 Å². The van der Waals surface area contributed by atoms with Crippen molar-refractivity contribution in [2.24, 2.45) is 5.92 Å². The summed E-state index contributed by atoms with van der Waals surface area (Å²) in [5, 5.41) is 0.850. The van der Waals surface area contributed by atoms with Gasteiger partial charge >= 0.3 is 0 Å². The number of hydrogen-bond donors (Lipinski definition) is 0. The zero-order chi connectivity index (χ0) is 14.1. The molecular formula is C16H12Cl2O2. The number of Topliss-reactive ketones (excluding diaryl/α,β-unsaturated/α-hetero) is 1. The third-order valence-corrected chi connectivity index (χ3v) is 4.19. The number of benzene rings is 2. The summed E-state index contributed by atoms with van der Waals surface area (Å²) in [6.45, 7) is 0.399. The third kappa shape index (κ3) is 2.54. The van der Waals surface area contributed by atoms with Gasteiger partial charge < -0.3 is 4.74 Å². The molecule has 0 N–H and O–H groups in total. The second kappa shape index (κ2) is 5.47. The molecular weight excluding hydrogens is 295 g/mol. The van der Waals surface area contributed by atoms with Crippen LogP contribution in [0.3, 0.4) is 0 Å². The monoisotopic (exact) mass is 306 g/mol. The number of carbonyl (C=O) groups is 1. The van der Waals surface area contributed by atoms with Crippen molar-refractivity contribution in [1.82, 2.24) is 0 Å². The molecule has 0 saturated heterocycles. The molecule has 2 nitrogen and oxygen atoms in total. The molecule has 0 fully saturated rings. The molecule has 1 aliphatic rings. The zero-order valence-electron chi connectivity index (χ0n) is 10.6. The van der Waals surface area contributed by atoms with Gasteiger partial charge in [-0.05, 0) is 36.2 Å². The summed E-state index contributed by atoms with van der Waals surface area (Å²) >= 11 is 11.8. The first-order valence-corrected chi connectivity index (χ1v) is 7.10. The fourth-order valence-electron chi connectivity index (χ4n) is 2.38. The summed E-state index contributed by atoms with van der Waals surface area (Å²) in [6.07, 6.45) is 0.690. The Morgan fingerprint density at radius 1 is 1.10 bits per heavy atom. The Morgan fingerprint density at radius 2 is 1.90 bits per heavy atom. The first-order valence-electron chi connectivity index (χ1n) is 6.35. The predicted molar refractivity (Wildman–Crippen MR) is 79.9 cm³/mol. The highest BCUT2D eigenvalue weighted by atomic mass is 35.5. The van der Waals surface area contributed by atoms with E-state index in [1.54, 1.807) is 18.2 Å². The van der Waals surface area contributed by atoms with E-state index < -0.39 is 0 Å². The Balaban J connectivity index is 1.84. The van der Waals surface area contributed by atoms with Crippen LogP contribution in [0, 0.1) is 5.92 Å². The molecule has 1 aliphatic heterocycles. The zero-order valence-corrected chi connectivity index (χ0v) is 12.1. The van der Waals surface area contributed by atoms with Crippen molar-refractivity contribution in [3.8, 4) is 5.75 Å². The Bertz CT molecular complexity index is 667. The molecule has 1 unspecified atom stereocenters. The maximum absolute atomic E-state index is 12.5. The van der Waals surface area contributed by atoms with Gasteiger partial charge in [-0.15, -0.1) is 0 Å². The second-order valence-corrected chi connectivity index (χ2v) is 5.63. The lowest BCUT2D eigenvalue weighted by molar-refractivity contribution is 0.0855. The Morgan fingerprint density at radius 3 is 2.70 bits per heavy atom. The molecule has 0 aromatic heterocycles.